The molecule has 0 bridgehead atoms. The molecule has 1 aliphatic rings. The van der Waals surface area contributed by atoms with E-state index in [-0.39, 0.29) is 22.7 Å². The molecule has 4 N–H and O–H groups in total. The van der Waals surface area contributed by atoms with Gasteiger partial charge in [-0.25, -0.2) is 0 Å². The molecule has 0 aliphatic heterocycles. The third-order valence-corrected chi connectivity index (χ3v) is 5.72. The Balaban J connectivity index is 1.97. The molecule has 1 aliphatic carbocycles. The minimum atomic E-state index is -0.708. The number of aromatic hydroxyl groups is 3. The molecular weight excluding hydrogens is 344 g/mol. The first-order valence-corrected chi connectivity index (χ1v) is 10.0. The van der Waals surface area contributed by atoms with E-state index in [2.05, 4.69) is 20.8 Å². The summed E-state index contributed by atoms with van der Waals surface area (Å²) in [6.45, 7) is 6.60. The summed E-state index contributed by atoms with van der Waals surface area (Å²) in [6, 6.07) is 1.21. The van der Waals surface area contributed by atoms with E-state index >= 15 is 0 Å². The normalized spacial score (nSPS) is 15.7. The van der Waals surface area contributed by atoms with Gasteiger partial charge in [-0.05, 0) is 56.8 Å². The summed E-state index contributed by atoms with van der Waals surface area (Å²) in [6.07, 6.45) is 7.84. The van der Waals surface area contributed by atoms with Crippen molar-refractivity contribution in [3.8, 4) is 17.2 Å². The lowest BCUT2D eigenvalue weighted by atomic mass is 9.88. The monoisotopic (exact) mass is 378 g/mol. The maximum Gasteiger partial charge on any atom is 0.309 e. The number of benzene rings is 1. The maximum atomic E-state index is 11.3. The Morgan fingerprint density at radius 3 is 2.11 bits per heavy atom. The van der Waals surface area contributed by atoms with Crippen LogP contribution in [0, 0.1) is 10.8 Å². The number of phenols is 3. The summed E-state index contributed by atoms with van der Waals surface area (Å²) in [5.74, 6) is -1.14. The first-order chi connectivity index (χ1) is 12.6. The van der Waals surface area contributed by atoms with Crippen LogP contribution in [0.5, 0.6) is 17.2 Å². The summed E-state index contributed by atoms with van der Waals surface area (Å²) < 4.78 is 0. The van der Waals surface area contributed by atoms with Crippen molar-refractivity contribution in [2.24, 2.45) is 10.8 Å². The Morgan fingerprint density at radius 1 is 0.963 bits per heavy atom. The van der Waals surface area contributed by atoms with Crippen LogP contribution in [0.4, 0.5) is 0 Å². The number of hydrogen-bond acceptors (Lipinski definition) is 4. The molecule has 0 aromatic heterocycles. The summed E-state index contributed by atoms with van der Waals surface area (Å²) in [4.78, 5) is 11.3. The van der Waals surface area contributed by atoms with Gasteiger partial charge in [0.15, 0.2) is 11.5 Å². The van der Waals surface area contributed by atoms with Gasteiger partial charge in [-0.2, -0.15) is 0 Å². The standard InChI is InChI=1S/C22H34O5/c1-21(2,3)10-6-4-8-15-16(19(25)18(24)14-17(15)23)9-5-7-11-22(12-13-22)20(26)27/h14,23-25H,4-13H2,1-3H3,(H,26,27). The molecule has 1 aromatic carbocycles. The van der Waals surface area contributed by atoms with E-state index in [1.807, 2.05) is 0 Å². The first-order valence-electron chi connectivity index (χ1n) is 10.0. The van der Waals surface area contributed by atoms with Crippen LogP contribution in [-0.2, 0) is 17.6 Å². The van der Waals surface area contributed by atoms with Gasteiger partial charge in [0, 0.05) is 17.2 Å². The number of rotatable bonds is 10. The molecule has 0 radical (unpaired) electrons. The minimum absolute atomic E-state index is 0.0280. The van der Waals surface area contributed by atoms with Gasteiger partial charge in [0.1, 0.15) is 5.75 Å². The number of carbonyl (C=O) groups is 1. The molecule has 1 fully saturated rings. The molecule has 0 saturated heterocycles. The topological polar surface area (TPSA) is 98.0 Å². The van der Waals surface area contributed by atoms with Crippen molar-refractivity contribution >= 4 is 5.97 Å². The van der Waals surface area contributed by atoms with E-state index in [4.69, 9.17) is 0 Å². The summed E-state index contributed by atoms with van der Waals surface area (Å²) >= 11 is 0. The van der Waals surface area contributed by atoms with Crippen molar-refractivity contribution in [1.29, 1.82) is 0 Å². The zero-order valence-corrected chi connectivity index (χ0v) is 16.8. The van der Waals surface area contributed by atoms with E-state index in [0.29, 0.717) is 30.4 Å². The van der Waals surface area contributed by atoms with Crippen LogP contribution in [-0.4, -0.2) is 26.4 Å². The fourth-order valence-electron chi connectivity index (χ4n) is 3.73. The highest BCUT2D eigenvalue weighted by Gasteiger charge is 2.49. The zero-order valence-electron chi connectivity index (χ0n) is 16.8. The maximum absolute atomic E-state index is 11.3. The van der Waals surface area contributed by atoms with Crippen LogP contribution in [0.1, 0.15) is 83.3 Å². The molecule has 0 heterocycles. The number of aliphatic carboxylic acids is 1. The highest BCUT2D eigenvalue weighted by atomic mass is 16.4. The van der Waals surface area contributed by atoms with E-state index in [0.717, 1.165) is 44.9 Å². The Morgan fingerprint density at radius 2 is 1.56 bits per heavy atom. The highest BCUT2D eigenvalue weighted by molar-refractivity contribution is 5.77. The SMILES string of the molecule is CC(C)(C)CCCCc1c(O)cc(O)c(O)c1CCCCC1(C(=O)O)CC1. The van der Waals surface area contributed by atoms with Gasteiger partial charge in [0.2, 0.25) is 0 Å². The van der Waals surface area contributed by atoms with Gasteiger partial charge < -0.3 is 20.4 Å². The van der Waals surface area contributed by atoms with Crippen molar-refractivity contribution in [2.45, 2.75) is 85.0 Å². The van der Waals surface area contributed by atoms with Crippen LogP contribution in [0.2, 0.25) is 0 Å². The third kappa shape index (κ3) is 5.78. The number of hydrogen-bond donors (Lipinski definition) is 4. The minimum Gasteiger partial charge on any atom is -0.508 e. The quantitative estimate of drug-likeness (QED) is 0.257. The fourth-order valence-corrected chi connectivity index (χ4v) is 3.73. The lowest BCUT2D eigenvalue weighted by Crippen LogP contribution is -2.14. The van der Waals surface area contributed by atoms with E-state index < -0.39 is 11.4 Å². The van der Waals surface area contributed by atoms with Gasteiger partial charge in [-0.15, -0.1) is 0 Å². The van der Waals surface area contributed by atoms with E-state index in [9.17, 15) is 25.2 Å². The molecule has 2 rings (SSSR count). The molecule has 0 unspecified atom stereocenters. The van der Waals surface area contributed by atoms with Gasteiger partial charge in [-0.1, -0.05) is 33.6 Å². The van der Waals surface area contributed by atoms with Crippen molar-refractivity contribution < 1.29 is 25.2 Å². The summed E-state index contributed by atoms with van der Waals surface area (Å²) in [5.41, 5.74) is 1.05. The summed E-state index contributed by atoms with van der Waals surface area (Å²) in [5, 5.41) is 39.7. The average molecular weight is 379 g/mol. The molecule has 5 nitrogen and oxygen atoms in total. The van der Waals surface area contributed by atoms with Crippen LogP contribution < -0.4 is 0 Å². The van der Waals surface area contributed by atoms with Crippen molar-refractivity contribution in [3.63, 3.8) is 0 Å². The van der Waals surface area contributed by atoms with E-state index in [1.54, 1.807) is 0 Å². The average Bonchev–Trinajstić information content (AvgIpc) is 3.34. The Hall–Kier alpha value is -1.91. The smallest absolute Gasteiger partial charge is 0.309 e. The molecule has 152 valence electrons. The zero-order chi connectivity index (χ0) is 20.2. The van der Waals surface area contributed by atoms with Crippen LogP contribution in [0.15, 0.2) is 6.07 Å². The number of carboxylic acids is 1. The Kier molecular flexibility index (Phi) is 6.66. The van der Waals surface area contributed by atoms with Crippen molar-refractivity contribution in [1.82, 2.24) is 0 Å². The lowest BCUT2D eigenvalue weighted by molar-refractivity contribution is -0.143. The molecule has 0 atom stereocenters. The second-order valence-corrected chi connectivity index (χ2v) is 9.28. The van der Waals surface area contributed by atoms with Gasteiger partial charge in [0.05, 0.1) is 5.41 Å². The Bertz CT molecular complexity index is 668. The van der Waals surface area contributed by atoms with Gasteiger partial charge >= 0.3 is 5.97 Å². The van der Waals surface area contributed by atoms with Crippen molar-refractivity contribution in [2.75, 3.05) is 0 Å². The number of unbranched alkanes of at least 4 members (excludes halogenated alkanes) is 2. The second kappa shape index (κ2) is 8.41. The fraction of sp³-hybridized carbons (Fsp3) is 0.682. The summed E-state index contributed by atoms with van der Waals surface area (Å²) in [7, 11) is 0. The molecule has 0 spiro atoms. The highest BCUT2D eigenvalue weighted by Crippen LogP contribution is 2.50. The van der Waals surface area contributed by atoms with Crippen LogP contribution in [0.25, 0.3) is 0 Å². The Labute approximate surface area is 162 Å². The predicted molar refractivity (Wildman–Crippen MR) is 105 cm³/mol. The first kappa shape index (κ1) is 21.4. The molecule has 1 saturated carbocycles. The van der Waals surface area contributed by atoms with E-state index in [1.165, 1.54) is 6.07 Å². The van der Waals surface area contributed by atoms with Crippen LogP contribution in [0.3, 0.4) is 0 Å². The van der Waals surface area contributed by atoms with Crippen molar-refractivity contribution in [3.05, 3.63) is 17.2 Å². The van der Waals surface area contributed by atoms with Crippen LogP contribution >= 0.6 is 0 Å². The van der Waals surface area contributed by atoms with Gasteiger partial charge in [0.25, 0.3) is 0 Å². The third-order valence-electron chi connectivity index (χ3n) is 5.72. The molecular formula is C22H34O5. The predicted octanol–water partition coefficient (Wildman–Crippen LogP) is 5.14. The van der Waals surface area contributed by atoms with Gasteiger partial charge in [-0.3, -0.25) is 4.79 Å². The molecule has 1 aromatic rings. The molecule has 27 heavy (non-hydrogen) atoms. The largest absolute Gasteiger partial charge is 0.508 e. The lowest BCUT2D eigenvalue weighted by Gasteiger charge is -2.19. The number of phenolic OH excluding ortho intramolecular Hbond substituents is 3. The molecule has 5 heteroatoms. The molecule has 0 amide bonds. The second-order valence-electron chi connectivity index (χ2n) is 9.28. The number of carboxylic acid groups (broad SMARTS) is 1.